The van der Waals surface area contributed by atoms with Gasteiger partial charge in [-0.15, -0.1) is 0 Å². The van der Waals surface area contributed by atoms with Gasteiger partial charge in [-0.3, -0.25) is 14.5 Å². The van der Waals surface area contributed by atoms with E-state index in [-0.39, 0.29) is 24.8 Å². The molecule has 7 nitrogen and oxygen atoms in total. The quantitative estimate of drug-likeness (QED) is 0.674. The van der Waals surface area contributed by atoms with E-state index >= 15 is 0 Å². The van der Waals surface area contributed by atoms with Crippen LogP contribution in [0.25, 0.3) is 5.57 Å². The third-order valence-corrected chi connectivity index (χ3v) is 5.10. The highest BCUT2D eigenvalue weighted by Gasteiger charge is 2.39. The molecule has 2 aromatic carbocycles. The number of benzene rings is 2. The van der Waals surface area contributed by atoms with Gasteiger partial charge in [0.2, 0.25) is 0 Å². The Labute approximate surface area is 176 Å². The minimum atomic E-state index is -0.396. The van der Waals surface area contributed by atoms with Crippen LogP contribution in [0, 0.1) is 13.8 Å². The number of carbonyl (C=O) groups is 2. The number of imide groups is 1. The van der Waals surface area contributed by atoms with E-state index in [9.17, 15) is 9.59 Å². The summed E-state index contributed by atoms with van der Waals surface area (Å²) in [5, 5.41) is 3.13. The van der Waals surface area contributed by atoms with E-state index in [4.69, 9.17) is 14.2 Å². The fourth-order valence-corrected chi connectivity index (χ4v) is 3.27. The van der Waals surface area contributed by atoms with Crippen molar-refractivity contribution in [3.05, 3.63) is 58.8 Å². The van der Waals surface area contributed by atoms with Gasteiger partial charge in [-0.05, 0) is 30.5 Å². The summed E-state index contributed by atoms with van der Waals surface area (Å²) < 4.78 is 15.7. The Balaban J connectivity index is 2.09. The van der Waals surface area contributed by atoms with Crippen LogP contribution in [0.5, 0.6) is 11.5 Å². The van der Waals surface area contributed by atoms with Gasteiger partial charge in [0, 0.05) is 31.0 Å². The number of aryl methyl sites for hydroxylation is 2. The standard InChI is InChI=1S/C23H26N2O5/c1-14-6-7-16(10-15(14)2)20-21(23(27)25(22(20)26)8-9-28-3)24-17-11-18(29-4)13-19(12-17)30-5/h6-7,10-13,24H,8-9H2,1-5H3. The van der Waals surface area contributed by atoms with Gasteiger partial charge in [0.25, 0.3) is 11.8 Å². The van der Waals surface area contributed by atoms with E-state index in [1.807, 2.05) is 32.0 Å². The summed E-state index contributed by atoms with van der Waals surface area (Å²) in [6.45, 7) is 4.41. The lowest BCUT2D eigenvalue weighted by Gasteiger charge is -2.15. The fourth-order valence-electron chi connectivity index (χ4n) is 3.27. The summed E-state index contributed by atoms with van der Waals surface area (Å²) >= 11 is 0. The van der Waals surface area contributed by atoms with Crippen LogP contribution in [0.2, 0.25) is 0 Å². The zero-order chi connectivity index (χ0) is 21.8. The second-order valence-corrected chi connectivity index (χ2v) is 7.03. The molecule has 0 fully saturated rings. The van der Waals surface area contributed by atoms with E-state index < -0.39 is 5.91 Å². The van der Waals surface area contributed by atoms with Crippen LogP contribution in [0.15, 0.2) is 42.1 Å². The van der Waals surface area contributed by atoms with Crippen molar-refractivity contribution in [3.63, 3.8) is 0 Å². The fraction of sp³-hybridized carbons (Fsp3) is 0.304. The van der Waals surface area contributed by atoms with Gasteiger partial charge in [-0.1, -0.05) is 18.2 Å². The minimum absolute atomic E-state index is 0.176. The number of anilines is 1. The summed E-state index contributed by atoms with van der Waals surface area (Å²) in [6, 6.07) is 10.9. The normalized spacial score (nSPS) is 13.8. The summed E-state index contributed by atoms with van der Waals surface area (Å²) in [5.74, 6) is 0.390. The zero-order valence-electron chi connectivity index (χ0n) is 17.9. The summed E-state index contributed by atoms with van der Waals surface area (Å²) in [4.78, 5) is 27.5. The van der Waals surface area contributed by atoms with Crippen molar-refractivity contribution in [3.8, 4) is 11.5 Å². The highest BCUT2D eigenvalue weighted by atomic mass is 16.5. The number of rotatable bonds is 8. The van der Waals surface area contributed by atoms with Gasteiger partial charge in [0.15, 0.2) is 0 Å². The van der Waals surface area contributed by atoms with Gasteiger partial charge in [0.1, 0.15) is 17.2 Å². The second kappa shape index (κ2) is 9.00. The molecule has 1 aliphatic rings. The molecule has 0 spiro atoms. The lowest BCUT2D eigenvalue weighted by atomic mass is 9.99. The molecule has 0 unspecified atom stereocenters. The Morgan fingerprint density at radius 1 is 0.867 bits per heavy atom. The molecule has 0 saturated heterocycles. The Morgan fingerprint density at radius 3 is 2.10 bits per heavy atom. The van der Waals surface area contributed by atoms with E-state index in [1.165, 1.54) is 12.0 Å². The molecule has 0 aliphatic carbocycles. The first-order chi connectivity index (χ1) is 14.4. The van der Waals surface area contributed by atoms with Crippen LogP contribution in [0.3, 0.4) is 0 Å². The molecule has 2 aromatic rings. The largest absolute Gasteiger partial charge is 0.497 e. The summed E-state index contributed by atoms with van der Waals surface area (Å²) in [5.41, 5.74) is 3.97. The molecule has 2 amide bonds. The molecule has 7 heteroatoms. The van der Waals surface area contributed by atoms with Gasteiger partial charge < -0.3 is 19.5 Å². The Morgan fingerprint density at radius 2 is 1.53 bits per heavy atom. The third-order valence-electron chi connectivity index (χ3n) is 5.10. The van der Waals surface area contributed by atoms with Gasteiger partial charge >= 0.3 is 0 Å². The highest BCUT2D eigenvalue weighted by Crippen LogP contribution is 2.33. The van der Waals surface area contributed by atoms with E-state index in [2.05, 4.69) is 5.32 Å². The topological polar surface area (TPSA) is 77.1 Å². The molecular formula is C23H26N2O5. The SMILES string of the molecule is COCCN1C(=O)C(Nc2cc(OC)cc(OC)c2)=C(c2ccc(C)c(C)c2)C1=O. The Hall–Kier alpha value is -3.32. The maximum atomic E-state index is 13.2. The van der Waals surface area contributed by atoms with Crippen molar-refractivity contribution in [2.45, 2.75) is 13.8 Å². The van der Waals surface area contributed by atoms with Gasteiger partial charge in [-0.2, -0.15) is 0 Å². The number of carbonyl (C=O) groups excluding carboxylic acids is 2. The lowest BCUT2D eigenvalue weighted by Crippen LogP contribution is -2.35. The molecule has 30 heavy (non-hydrogen) atoms. The highest BCUT2D eigenvalue weighted by molar-refractivity contribution is 6.36. The number of hydrogen-bond donors (Lipinski definition) is 1. The Bertz CT molecular complexity index is 990. The van der Waals surface area contributed by atoms with Crippen molar-refractivity contribution < 1.29 is 23.8 Å². The molecular weight excluding hydrogens is 384 g/mol. The van der Waals surface area contributed by atoms with E-state index in [1.54, 1.807) is 32.4 Å². The molecule has 158 valence electrons. The lowest BCUT2D eigenvalue weighted by molar-refractivity contribution is -0.137. The molecule has 1 aliphatic heterocycles. The van der Waals surface area contributed by atoms with Crippen molar-refractivity contribution >= 4 is 23.1 Å². The predicted molar refractivity (Wildman–Crippen MR) is 115 cm³/mol. The molecule has 0 radical (unpaired) electrons. The first kappa shape index (κ1) is 21.4. The van der Waals surface area contributed by atoms with Crippen molar-refractivity contribution in [1.29, 1.82) is 0 Å². The molecule has 0 atom stereocenters. The number of hydrogen-bond acceptors (Lipinski definition) is 6. The van der Waals surface area contributed by atoms with Crippen molar-refractivity contribution in [2.24, 2.45) is 0 Å². The number of nitrogens with one attached hydrogen (secondary N) is 1. The monoisotopic (exact) mass is 410 g/mol. The number of methoxy groups -OCH3 is 3. The van der Waals surface area contributed by atoms with E-state index in [0.717, 1.165) is 11.1 Å². The maximum Gasteiger partial charge on any atom is 0.278 e. The smallest absolute Gasteiger partial charge is 0.278 e. The van der Waals surface area contributed by atoms with Crippen molar-refractivity contribution in [2.75, 3.05) is 39.8 Å². The van der Waals surface area contributed by atoms with Crippen LogP contribution in [-0.2, 0) is 14.3 Å². The summed E-state index contributed by atoms with van der Waals surface area (Å²) in [6.07, 6.45) is 0. The van der Waals surface area contributed by atoms with Crippen LogP contribution in [0.4, 0.5) is 5.69 Å². The number of nitrogens with zero attached hydrogens (tertiary/aromatic N) is 1. The van der Waals surface area contributed by atoms with E-state index in [0.29, 0.717) is 28.3 Å². The van der Waals surface area contributed by atoms with Crippen LogP contribution < -0.4 is 14.8 Å². The minimum Gasteiger partial charge on any atom is -0.497 e. The van der Waals surface area contributed by atoms with Crippen LogP contribution >= 0.6 is 0 Å². The number of ether oxygens (including phenoxy) is 3. The molecule has 3 rings (SSSR count). The average Bonchev–Trinajstić information content (AvgIpc) is 2.97. The van der Waals surface area contributed by atoms with Crippen LogP contribution in [0.1, 0.15) is 16.7 Å². The molecule has 1 N–H and O–H groups in total. The van der Waals surface area contributed by atoms with Gasteiger partial charge in [-0.25, -0.2) is 0 Å². The molecule has 0 aromatic heterocycles. The van der Waals surface area contributed by atoms with Crippen LogP contribution in [-0.4, -0.2) is 51.2 Å². The first-order valence-corrected chi connectivity index (χ1v) is 9.56. The molecule has 1 heterocycles. The summed E-state index contributed by atoms with van der Waals surface area (Å²) in [7, 11) is 4.63. The molecule has 0 bridgehead atoms. The third kappa shape index (κ3) is 4.16. The van der Waals surface area contributed by atoms with Gasteiger partial charge in [0.05, 0.1) is 32.9 Å². The zero-order valence-corrected chi connectivity index (χ0v) is 17.9. The predicted octanol–water partition coefficient (Wildman–Crippen LogP) is 3.16. The average molecular weight is 410 g/mol. The second-order valence-electron chi connectivity index (χ2n) is 7.03. The Kier molecular flexibility index (Phi) is 6.42. The number of amides is 2. The molecule has 0 saturated carbocycles. The maximum absolute atomic E-state index is 13.2. The first-order valence-electron chi connectivity index (χ1n) is 9.56. The van der Waals surface area contributed by atoms with Crippen molar-refractivity contribution in [1.82, 2.24) is 4.90 Å².